The highest BCUT2D eigenvalue weighted by Gasteiger charge is 2.40. The number of hydrogen-bond acceptors (Lipinski definition) is 2. The van der Waals surface area contributed by atoms with E-state index in [2.05, 4.69) is 15.9 Å². The van der Waals surface area contributed by atoms with E-state index in [4.69, 9.17) is 0 Å². The molecule has 0 saturated carbocycles. The SMILES string of the molecule is O=C1C2CCCN2C(=O)CCN1c1c(F)cc(F)cc1Br. The number of fused-ring (bicyclic) bond motifs is 1. The van der Waals surface area contributed by atoms with E-state index in [0.717, 1.165) is 18.6 Å². The van der Waals surface area contributed by atoms with Gasteiger partial charge in [0.15, 0.2) is 5.82 Å². The van der Waals surface area contributed by atoms with Gasteiger partial charge in [-0.3, -0.25) is 9.59 Å². The number of hydrogen-bond donors (Lipinski definition) is 0. The Balaban J connectivity index is 2.02. The van der Waals surface area contributed by atoms with Crippen LogP contribution in [0.5, 0.6) is 0 Å². The summed E-state index contributed by atoms with van der Waals surface area (Å²) in [6, 6.07) is 1.33. The quantitative estimate of drug-likeness (QED) is 0.773. The Hall–Kier alpha value is -1.50. The van der Waals surface area contributed by atoms with Crippen molar-refractivity contribution in [2.75, 3.05) is 18.0 Å². The minimum Gasteiger partial charge on any atom is -0.331 e. The molecule has 0 spiro atoms. The maximum Gasteiger partial charge on any atom is 0.249 e. The van der Waals surface area contributed by atoms with Gasteiger partial charge in [-0.1, -0.05) is 0 Å². The van der Waals surface area contributed by atoms with Gasteiger partial charge >= 0.3 is 0 Å². The number of halogens is 3. The molecule has 21 heavy (non-hydrogen) atoms. The molecule has 2 fully saturated rings. The van der Waals surface area contributed by atoms with Crippen molar-refractivity contribution < 1.29 is 18.4 Å². The second-order valence-corrected chi connectivity index (χ2v) is 6.06. The van der Waals surface area contributed by atoms with Gasteiger partial charge in [-0.05, 0) is 34.8 Å². The topological polar surface area (TPSA) is 40.6 Å². The van der Waals surface area contributed by atoms with Crippen LogP contribution in [0.25, 0.3) is 0 Å². The molecule has 2 heterocycles. The van der Waals surface area contributed by atoms with Gasteiger partial charge in [0.1, 0.15) is 11.9 Å². The highest BCUT2D eigenvalue weighted by atomic mass is 79.9. The van der Waals surface area contributed by atoms with Crippen LogP contribution in [0.3, 0.4) is 0 Å². The summed E-state index contributed by atoms with van der Waals surface area (Å²) in [6.07, 6.45) is 1.50. The summed E-state index contributed by atoms with van der Waals surface area (Å²) < 4.78 is 27.4. The van der Waals surface area contributed by atoms with Gasteiger partial charge < -0.3 is 9.80 Å². The average molecular weight is 359 g/mol. The molecule has 0 radical (unpaired) electrons. The summed E-state index contributed by atoms with van der Waals surface area (Å²) in [6.45, 7) is 0.669. The first-order valence-corrected chi connectivity index (χ1v) is 7.53. The molecule has 7 heteroatoms. The van der Waals surface area contributed by atoms with Gasteiger partial charge in [-0.15, -0.1) is 0 Å². The number of benzene rings is 1. The third kappa shape index (κ3) is 2.43. The Morgan fingerprint density at radius 3 is 2.67 bits per heavy atom. The monoisotopic (exact) mass is 358 g/mol. The maximum absolute atomic E-state index is 14.1. The lowest BCUT2D eigenvalue weighted by atomic mass is 10.1. The minimum atomic E-state index is -0.811. The molecule has 0 bridgehead atoms. The summed E-state index contributed by atoms with van der Waals surface area (Å²) in [5.41, 5.74) is 0.00273. The van der Waals surface area contributed by atoms with Crippen LogP contribution >= 0.6 is 15.9 Å². The van der Waals surface area contributed by atoms with Crippen LogP contribution in [0.4, 0.5) is 14.5 Å². The molecule has 4 nitrogen and oxygen atoms in total. The molecule has 1 unspecified atom stereocenters. The van der Waals surface area contributed by atoms with Gasteiger partial charge in [0.2, 0.25) is 11.8 Å². The van der Waals surface area contributed by atoms with Gasteiger partial charge in [0.05, 0.1) is 5.69 Å². The van der Waals surface area contributed by atoms with E-state index in [-0.39, 0.29) is 34.9 Å². The minimum absolute atomic E-state index is 0.00273. The number of rotatable bonds is 1. The van der Waals surface area contributed by atoms with E-state index >= 15 is 0 Å². The molecule has 2 aliphatic rings. The third-order valence-corrected chi connectivity index (χ3v) is 4.53. The van der Waals surface area contributed by atoms with E-state index in [1.165, 1.54) is 4.90 Å². The first-order chi connectivity index (χ1) is 9.99. The Morgan fingerprint density at radius 1 is 1.19 bits per heavy atom. The molecule has 0 aliphatic carbocycles. The molecule has 3 rings (SSSR count). The predicted octanol–water partition coefficient (Wildman–Crippen LogP) is 2.46. The van der Waals surface area contributed by atoms with E-state index in [1.54, 1.807) is 4.90 Å². The molecule has 2 amide bonds. The average Bonchev–Trinajstić information content (AvgIpc) is 2.85. The van der Waals surface area contributed by atoms with Crippen LogP contribution in [0.15, 0.2) is 16.6 Å². The van der Waals surface area contributed by atoms with Crippen molar-refractivity contribution in [2.45, 2.75) is 25.3 Å². The molecule has 0 N–H and O–H groups in total. The fourth-order valence-corrected chi connectivity index (χ4v) is 3.60. The third-order valence-electron chi connectivity index (χ3n) is 3.93. The van der Waals surface area contributed by atoms with E-state index in [1.807, 2.05) is 0 Å². The van der Waals surface area contributed by atoms with Gasteiger partial charge in [0, 0.05) is 30.0 Å². The first-order valence-electron chi connectivity index (χ1n) is 6.74. The second-order valence-electron chi connectivity index (χ2n) is 5.20. The number of carbonyl (C=O) groups excluding carboxylic acids is 2. The van der Waals surface area contributed by atoms with Crippen LogP contribution in [-0.2, 0) is 9.59 Å². The van der Waals surface area contributed by atoms with Crippen LogP contribution in [0.2, 0.25) is 0 Å². The number of carbonyl (C=O) groups is 2. The van der Waals surface area contributed by atoms with Crippen LogP contribution in [0, 0.1) is 11.6 Å². The summed E-state index contributed by atoms with van der Waals surface area (Å²) in [4.78, 5) is 27.5. The summed E-state index contributed by atoms with van der Waals surface area (Å²) in [5.74, 6) is -1.92. The largest absolute Gasteiger partial charge is 0.331 e. The Morgan fingerprint density at radius 2 is 1.95 bits per heavy atom. The Bertz CT molecular complexity index is 600. The molecule has 2 saturated heterocycles. The molecule has 0 aromatic heterocycles. The second kappa shape index (κ2) is 5.36. The zero-order valence-corrected chi connectivity index (χ0v) is 12.7. The van der Waals surface area contributed by atoms with Gasteiger partial charge in [0.25, 0.3) is 0 Å². The van der Waals surface area contributed by atoms with E-state index < -0.39 is 17.7 Å². The van der Waals surface area contributed by atoms with Crippen molar-refractivity contribution >= 4 is 33.4 Å². The first kappa shape index (κ1) is 14.4. The highest BCUT2D eigenvalue weighted by molar-refractivity contribution is 9.10. The molecule has 2 aliphatic heterocycles. The van der Waals surface area contributed by atoms with Crippen molar-refractivity contribution in [3.8, 4) is 0 Å². The summed E-state index contributed by atoms with van der Waals surface area (Å²) >= 11 is 3.10. The van der Waals surface area contributed by atoms with Crippen molar-refractivity contribution in [1.29, 1.82) is 0 Å². The van der Waals surface area contributed by atoms with E-state index in [9.17, 15) is 18.4 Å². The van der Waals surface area contributed by atoms with Crippen molar-refractivity contribution in [3.05, 3.63) is 28.2 Å². The van der Waals surface area contributed by atoms with Gasteiger partial charge in [-0.25, -0.2) is 8.78 Å². The van der Waals surface area contributed by atoms with Crippen LogP contribution in [-0.4, -0.2) is 35.8 Å². The lowest BCUT2D eigenvalue weighted by Crippen LogP contribution is -2.44. The lowest BCUT2D eigenvalue weighted by Gasteiger charge is -2.26. The lowest BCUT2D eigenvalue weighted by molar-refractivity contribution is -0.135. The zero-order valence-electron chi connectivity index (χ0n) is 11.1. The predicted molar refractivity (Wildman–Crippen MR) is 75.8 cm³/mol. The maximum atomic E-state index is 14.1. The van der Waals surface area contributed by atoms with Crippen LogP contribution in [0.1, 0.15) is 19.3 Å². The molecular formula is C14H13BrF2N2O2. The zero-order chi connectivity index (χ0) is 15.1. The molecule has 1 aromatic rings. The standard InChI is InChI=1S/C14H13BrF2N2O2/c15-9-6-8(16)7-10(17)13(9)19-5-3-12(20)18-4-1-2-11(18)14(19)21/h6-7,11H,1-5H2. The summed E-state index contributed by atoms with van der Waals surface area (Å²) in [5, 5.41) is 0. The molecular weight excluding hydrogens is 346 g/mol. The summed E-state index contributed by atoms with van der Waals surface area (Å²) in [7, 11) is 0. The Labute approximate surface area is 128 Å². The number of amides is 2. The number of nitrogens with zero attached hydrogens (tertiary/aromatic N) is 2. The van der Waals surface area contributed by atoms with Crippen LogP contribution < -0.4 is 4.90 Å². The van der Waals surface area contributed by atoms with Crippen molar-refractivity contribution in [2.24, 2.45) is 0 Å². The fourth-order valence-electron chi connectivity index (χ4n) is 2.98. The molecule has 1 atom stereocenters. The molecule has 1 aromatic carbocycles. The smallest absolute Gasteiger partial charge is 0.249 e. The Kier molecular flexibility index (Phi) is 3.69. The van der Waals surface area contributed by atoms with Crippen molar-refractivity contribution in [3.63, 3.8) is 0 Å². The van der Waals surface area contributed by atoms with E-state index in [0.29, 0.717) is 13.0 Å². The fraction of sp³-hybridized carbons (Fsp3) is 0.429. The normalized spacial score (nSPS) is 22.5. The van der Waals surface area contributed by atoms with Crippen molar-refractivity contribution in [1.82, 2.24) is 4.90 Å². The molecule has 112 valence electrons. The number of anilines is 1. The highest BCUT2D eigenvalue weighted by Crippen LogP contribution is 2.34. The van der Waals surface area contributed by atoms with Gasteiger partial charge in [-0.2, -0.15) is 0 Å².